The van der Waals surface area contributed by atoms with Gasteiger partial charge in [-0.2, -0.15) is 4.80 Å². The Hall–Kier alpha value is -4.36. The van der Waals surface area contributed by atoms with E-state index in [1.165, 1.54) is 12.1 Å². The Kier molecular flexibility index (Phi) is 14.0. The molecule has 12 nitrogen and oxygen atoms in total. The summed E-state index contributed by atoms with van der Waals surface area (Å²) in [6.07, 6.45) is -0.674. The van der Waals surface area contributed by atoms with Crippen LogP contribution in [-0.2, 0) is 28.0 Å². The van der Waals surface area contributed by atoms with Gasteiger partial charge >= 0.3 is 6.09 Å². The van der Waals surface area contributed by atoms with E-state index in [-0.39, 0.29) is 24.9 Å². The number of alkyl carbamates (subject to hydrolysis) is 1. The third-order valence-corrected chi connectivity index (χ3v) is 8.46. The molecule has 0 aliphatic heterocycles. The highest BCUT2D eigenvalue weighted by Crippen LogP contribution is 2.25. The molecule has 1 heterocycles. The topological polar surface area (TPSA) is 161 Å². The molecular formula is C35H47ClN8O4. The van der Waals surface area contributed by atoms with Crippen molar-refractivity contribution in [1.82, 2.24) is 35.8 Å². The van der Waals surface area contributed by atoms with Crippen LogP contribution >= 0.6 is 12.4 Å². The Morgan fingerprint density at radius 1 is 0.979 bits per heavy atom. The van der Waals surface area contributed by atoms with E-state index in [9.17, 15) is 14.7 Å². The molecule has 0 spiro atoms. The summed E-state index contributed by atoms with van der Waals surface area (Å²) in [6, 6.07) is 25.8. The van der Waals surface area contributed by atoms with Gasteiger partial charge in [0, 0.05) is 18.7 Å². The lowest BCUT2D eigenvalue weighted by Gasteiger charge is -2.30. The number of tetrazole rings is 1. The van der Waals surface area contributed by atoms with Crippen LogP contribution in [0.2, 0.25) is 0 Å². The van der Waals surface area contributed by atoms with Crippen LogP contribution in [0.3, 0.4) is 0 Å². The lowest BCUT2D eigenvalue weighted by Crippen LogP contribution is -2.57. The summed E-state index contributed by atoms with van der Waals surface area (Å²) in [4.78, 5) is 27.0. The average Bonchev–Trinajstić information content (AvgIpc) is 3.59. The molecule has 0 saturated heterocycles. The zero-order valence-electron chi connectivity index (χ0n) is 28.1. The summed E-state index contributed by atoms with van der Waals surface area (Å²) in [7, 11) is 1.25. The van der Waals surface area contributed by atoms with Crippen LogP contribution in [0.25, 0.3) is 11.4 Å². The summed E-state index contributed by atoms with van der Waals surface area (Å²) in [5, 5.41) is 31.7. The second-order valence-electron chi connectivity index (χ2n) is 12.3. The van der Waals surface area contributed by atoms with Gasteiger partial charge in [-0.25, -0.2) is 9.80 Å². The fourth-order valence-corrected chi connectivity index (χ4v) is 5.27. The molecule has 0 aliphatic carbocycles. The van der Waals surface area contributed by atoms with Crippen molar-refractivity contribution >= 4 is 24.4 Å². The minimum atomic E-state index is -1.01. The van der Waals surface area contributed by atoms with E-state index in [2.05, 4.69) is 26.0 Å². The number of ether oxygens (including phenoxy) is 1. The number of amides is 2. The van der Waals surface area contributed by atoms with Crippen molar-refractivity contribution in [2.75, 3.05) is 13.7 Å². The first-order valence-corrected chi connectivity index (χ1v) is 15.8. The number of halogens is 1. The first-order chi connectivity index (χ1) is 22.5. The molecule has 4 rings (SSSR count). The van der Waals surface area contributed by atoms with Gasteiger partial charge in [0.1, 0.15) is 11.6 Å². The number of benzene rings is 3. The highest BCUT2D eigenvalue weighted by atomic mass is 35.5. The number of aliphatic hydroxyl groups excluding tert-OH is 1. The predicted molar refractivity (Wildman–Crippen MR) is 187 cm³/mol. The van der Waals surface area contributed by atoms with Gasteiger partial charge < -0.3 is 20.5 Å². The first-order valence-electron chi connectivity index (χ1n) is 15.8. The highest BCUT2D eigenvalue weighted by Gasteiger charge is 2.31. The van der Waals surface area contributed by atoms with Gasteiger partial charge in [0.05, 0.1) is 19.3 Å². The maximum absolute atomic E-state index is 13.4. The summed E-state index contributed by atoms with van der Waals surface area (Å²) >= 11 is 0. The van der Waals surface area contributed by atoms with Crippen molar-refractivity contribution in [2.24, 2.45) is 11.8 Å². The number of rotatable bonds is 15. The Labute approximate surface area is 288 Å². The molecule has 0 fully saturated rings. The predicted octanol–water partition coefficient (Wildman–Crippen LogP) is 4.08. The fraction of sp³-hybridized carbons (Fsp3) is 0.400. The molecule has 0 bridgehead atoms. The van der Waals surface area contributed by atoms with E-state index in [0.29, 0.717) is 25.2 Å². The van der Waals surface area contributed by atoms with Crippen LogP contribution in [0.5, 0.6) is 0 Å². The van der Waals surface area contributed by atoms with Crippen molar-refractivity contribution in [3.63, 3.8) is 0 Å². The quantitative estimate of drug-likeness (QED) is 0.107. The van der Waals surface area contributed by atoms with Crippen LogP contribution in [0, 0.1) is 5.92 Å². The van der Waals surface area contributed by atoms with Gasteiger partial charge in [-0.05, 0) is 48.1 Å². The molecule has 0 saturated carbocycles. The van der Waals surface area contributed by atoms with E-state index in [1.807, 2.05) is 113 Å². The zero-order chi connectivity index (χ0) is 34.0. The molecule has 13 heteroatoms. The van der Waals surface area contributed by atoms with Crippen molar-refractivity contribution < 1.29 is 19.4 Å². The van der Waals surface area contributed by atoms with Crippen LogP contribution in [-0.4, -0.2) is 74.2 Å². The minimum absolute atomic E-state index is 0. The number of hydrogen-bond acceptors (Lipinski definition) is 9. The Bertz CT molecular complexity index is 1570. The number of hydrogen-bond donors (Lipinski definition) is 4. The average molecular weight is 679 g/mol. The van der Waals surface area contributed by atoms with E-state index >= 15 is 0 Å². The monoisotopic (exact) mass is 678 g/mol. The first kappa shape index (κ1) is 38.1. The molecule has 48 heavy (non-hydrogen) atoms. The van der Waals surface area contributed by atoms with Crippen LogP contribution in [0.4, 0.5) is 4.79 Å². The standard InChI is InChI=1S/C35H46N8O4.ClH/c1-6-24(2)31(38-34(46)47-5)33(45)37-29(21-25-13-9-7-10-14-25)30(44)23-42(36)22-26-17-19-27(20-18-26)32-39-41-43(40-32)35(3,4)28-15-11-8-12-16-28;/h7-20,24,29-31,44H,6,21-23,36H2,1-5H3,(H,37,45)(H,38,46);1H/t24-,29?,30?,31-;/m0./s1. The number of aliphatic hydroxyl groups is 1. The Balaban J connectivity index is 0.00000625. The number of aromatic nitrogens is 4. The molecule has 3 aromatic carbocycles. The van der Waals surface area contributed by atoms with Crippen molar-refractivity contribution in [3.05, 3.63) is 102 Å². The van der Waals surface area contributed by atoms with Gasteiger partial charge in [0.15, 0.2) is 0 Å². The molecule has 2 unspecified atom stereocenters. The summed E-state index contributed by atoms with van der Waals surface area (Å²) in [6.45, 7) is 8.33. The fourth-order valence-electron chi connectivity index (χ4n) is 5.27. The molecule has 258 valence electrons. The second-order valence-corrected chi connectivity index (χ2v) is 12.3. The smallest absolute Gasteiger partial charge is 0.407 e. The Morgan fingerprint density at radius 3 is 2.21 bits per heavy atom. The van der Waals surface area contributed by atoms with E-state index in [1.54, 1.807) is 4.80 Å². The van der Waals surface area contributed by atoms with Crippen molar-refractivity contribution in [1.29, 1.82) is 0 Å². The summed E-state index contributed by atoms with van der Waals surface area (Å²) in [5.41, 5.74) is 3.27. The molecule has 4 atom stereocenters. The number of nitrogens with two attached hydrogens (primary N) is 1. The van der Waals surface area contributed by atoms with E-state index in [0.717, 1.165) is 22.3 Å². The maximum atomic E-state index is 13.4. The summed E-state index contributed by atoms with van der Waals surface area (Å²) < 4.78 is 4.73. The SMILES string of the molecule is CC[C@H](C)[C@H](NC(=O)OC)C(=O)NC(Cc1ccccc1)C(O)CN(N)Cc1ccc(-c2nnn(C(C)(C)c3ccccc3)n2)cc1.Cl. The van der Waals surface area contributed by atoms with Crippen molar-refractivity contribution in [3.8, 4) is 11.4 Å². The third kappa shape index (κ3) is 10.1. The third-order valence-electron chi connectivity index (χ3n) is 8.46. The molecule has 2 amide bonds. The largest absolute Gasteiger partial charge is 0.453 e. The molecule has 1 aromatic heterocycles. The number of nitrogens with zero attached hydrogens (tertiary/aromatic N) is 5. The van der Waals surface area contributed by atoms with Crippen LogP contribution < -0.4 is 16.5 Å². The number of carbonyl (C=O) groups excluding carboxylic acids is 2. The Morgan fingerprint density at radius 2 is 1.60 bits per heavy atom. The maximum Gasteiger partial charge on any atom is 0.407 e. The zero-order valence-corrected chi connectivity index (χ0v) is 28.9. The molecule has 0 aliphatic rings. The van der Waals surface area contributed by atoms with Gasteiger partial charge in [0.25, 0.3) is 0 Å². The second kappa shape index (κ2) is 17.7. The number of nitrogens with one attached hydrogen (secondary N) is 2. The number of methoxy groups -OCH3 is 1. The van der Waals surface area contributed by atoms with E-state index < -0.39 is 35.7 Å². The van der Waals surface area contributed by atoms with Gasteiger partial charge in [-0.3, -0.25) is 10.6 Å². The van der Waals surface area contributed by atoms with Gasteiger partial charge in [-0.1, -0.05) is 105 Å². The lowest BCUT2D eigenvalue weighted by atomic mass is 9.95. The number of carbonyl (C=O) groups is 2. The van der Waals surface area contributed by atoms with E-state index in [4.69, 9.17) is 10.6 Å². The molecular weight excluding hydrogens is 632 g/mol. The molecule has 0 radical (unpaired) electrons. The molecule has 5 N–H and O–H groups in total. The normalized spacial score (nSPS) is 13.9. The molecule has 4 aromatic rings. The van der Waals surface area contributed by atoms with Gasteiger partial charge in [-0.15, -0.1) is 22.6 Å². The lowest BCUT2D eigenvalue weighted by molar-refractivity contribution is -0.126. The summed E-state index contributed by atoms with van der Waals surface area (Å²) in [5.74, 6) is 6.34. The van der Waals surface area contributed by atoms with Gasteiger partial charge in [0.2, 0.25) is 11.7 Å². The minimum Gasteiger partial charge on any atom is -0.453 e. The van der Waals surface area contributed by atoms with Crippen LogP contribution in [0.15, 0.2) is 84.9 Å². The van der Waals surface area contributed by atoms with Crippen LogP contribution in [0.1, 0.15) is 50.8 Å². The van der Waals surface area contributed by atoms with Crippen molar-refractivity contribution in [2.45, 2.75) is 70.8 Å². The number of hydrazine groups is 1. The highest BCUT2D eigenvalue weighted by molar-refractivity contribution is 5.86.